The van der Waals surface area contributed by atoms with Gasteiger partial charge in [0.05, 0.1) is 25.3 Å². The van der Waals surface area contributed by atoms with Crippen molar-refractivity contribution in [2.24, 2.45) is 0 Å². The molecule has 92 valence electrons. The van der Waals surface area contributed by atoms with Gasteiger partial charge in [-0.15, -0.1) is 11.3 Å². The first-order chi connectivity index (χ1) is 8.78. The van der Waals surface area contributed by atoms with Crippen molar-refractivity contribution in [1.82, 2.24) is 4.98 Å². The number of aryl methyl sites for hydroxylation is 1. The zero-order chi connectivity index (χ0) is 13.0. The van der Waals surface area contributed by atoms with E-state index in [4.69, 9.17) is 10.00 Å². The monoisotopic (exact) mass is 258 g/mol. The first kappa shape index (κ1) is 12.6. The van der Waals surface area contributed by atoms with Crippen molar-refractivity contribution in [3.8, 4) is 23.1 Å². The molecule has 0 fully saturated rings. The number of hydrogen-bond donors (Lipinski definition) is 0. The minimum atomic E-state index is 0.376. The molecular formula is C14H14N2OS. The van der Waals surface area contributed by atoms with E-state index in [0.717, 1.165) is 28.4 Å². The van der Waals surface area contributed by atoms with Crippen LogP contribution in [0.25, 0.3) is 11.3 Å². The van der Waals surface area contributed by atoms with Crippen LogP contribution in [0.3, 0.4) is 0 Å². The third-order valence-electron chi connectivity index (χ3n) is 2.74. The summed E-state index contributed by atoms with van der Waals surface area (Å²) in [7, 11) is 1.68. The van der Waals surface area contributed by atoms with Gasteiger partial charge in [0.15, 0.2) is 0 Å². The SMILES string of the molecule is CCc1cc(-c2csc(CC#N)n2)ccc1OC. The maximum Gasteiger partial charge on any atom is 0.122 e. The number of rotatable bonds is 4. The van der Waals surface area contributed by atoms with Gasteiger partial charge in [-0.05, 0) is 30.2 Å². The van der Waals surface area contributed by atoms with Crippen molar-refractivity contribution in [3.63, 3.8) is 0 Å². The summed E-state index contributed by atoms with van der Waals surface area (Å²) in [6.07, 6.45) is 1.30. The quantitative estimate of drug-likeness (QED) is 0.843. The highest BCUT2D eigenvalue weighted by molar-refractivity contribution is 7.10. The number of aromatic nitrogens is 1. The van der Waals surface area contributed by atoms with Gasteiger partial charge in [0.1, 0.15) is 10.8 Å². The van der Waals surface area contributed by atoms with E-state index >= 15 is 0 Å². The van der Waals surface area contributed by atoms with Gasteiger partial charge in [-0.3, -0.25) is 0 Å². The average Bonchev–Trinajstić information content (AvgIpc) is 2.87. The topological polar surface area (TPSA) is 45.9 Å². The van der Waals surface area contributed by atoms with Crippen LogP contribution < -0.4 is 4.74 Å². The molecule has 1 heterocycles. The van der Waals surface area contributed by atoms with Gasteiger partial charge in [-0.2, -0.15) is 5.26 Å². The Kier molecular flexibility index (Phi) is 3.96. The molecule has 0 saturated carbocycles. The van der Waals surface area contributed by atoms with Crippen molar-refractivity contribution in [3.05, 3.63) is 34.2 Å². The van der Waals surface area contributed by atoms with E-state index in [9.17, 15) is 0 Å². The normalized spacial score (nSPS) is 10.1. The molecule has 18 heavy (non-hydrogen) atoms. The van der Waals surface area contributed by atoms with Gasteiger partial charge < -0.3 is 4.74 Å². The van der Waals surface area contributed by atoms with Gasteiger partial charge in [0, 0.05) is 10.9 Å². The fraction of sp³-hybridized carbons (Fsp3) is 0.286. The second-order valence-corrected chi connectivity index (χ2v) is 4.78. The van der Waals surface area contributed by atoms with Crippen LogP contribution in [0.2, 0.25) is 0 Å². The highest BCUT2D eigenvalue weighted by Crippen LogP contribution is 2.28. The summed E-state index contributed by atoms with van der Waals surface area (Å²) in [5.74, 6) is 0.911. The van der Waals surface area contributed by atoms with Crippen LogP contribution in [0.1, 0.15) is 17.5 Å². The van der Waals surface area contributed by atoms with Crippen molar-refractivity contribution in [2.75, 3.05) is 7.11 Å². The highest BCUT2D eigenvalue weighted by Gasteiger charge is 2.07. The molecule has 0 aliphatic carbocycles. The summed E-state index contributed by atoms with van der Waals surface area (Å²) >= 11 is 1.53. The Morgan fingerprint density at radius 3 is 2.94 bits per heavy atom. The molecule has 3 nitrogen and oxygen atoms in total. The van der Waals surface area contributed by atoms with Crippen LogP contribution in [0, 0.1) is 11.3 Å². The maximum absolute atomic E-state index is 8.65. The van der Waals surface area contributed by atoms with Crippen molar-refractivity contribution in [1.29, 1.82) is 5.26 Å². The van der Waals surface area contributed by atoms with Gasteiger partial charge >= 0.3 is 0 Å². The van der Waals surface area contributed by atoms with E-state index < -0.39 is 0 Å². The molecule has 0 aliphatic heterocycles. The number of nitriles is 1. The van der Waals surface area contributed by atoms with E-state index in [1.165, 1.54) is 16.9 Å². The number of ether oxygens (including phenoxy) is 1. The first-order valence-corrected chi connectivity index (χ1v) is 6.65. The lowest BCUT2D eigenvalue weighted by Crippen LogP contribution is -1.91. The summed E-state index contributed by atoms with van der Waals surface area (Å²) in [6.45, 7) is 2.10. The van der Waals surface area contributed by atoms with Crippen molar-refractivity contribution >= 4 is 11.3 Å². The molecule has 0 atom stereocenters. The molecule has 1 aromatic carbocycles. The maximum atomic E-state index is 8.65. The van der Waals surface area contributed by atoms with Gasteiger partial charge in [0.2, 0.25) is 0 Å². The Hall–Kier alpha value is -1.86. The lowest BCUT2D eigenvalue weighted by Gasteiger charge is -2.07. The minimum absolute atomic E-state index is 0.376. The van der Waals surface area contributed by atoms with E-state index in [0.29, 0.717) is 6.42 Å². The van der Waals surface area contributed by atoms with Crippen LogP contribution in [-0.4, -0.2) is 12.1 Å². The molecule has 0 spiro atoms. The van der Waals surface area contributed by atoms with Crippen LogP contribution in [0.5, 0.6) is 5.75 Å². The van der Waals surface area contributed by atoms with Crippen LogP contribution in [0.15, 0.2) is 23.6 Å². The van der Waals surface area contributed by atoms with E-state index in [1.807, 2.05) is 17.5 Å². The molecule has 1 aromatic heterocycles. The van der Waals surface area contributed by atoms with E-state index in [2.05, 4.69) is 24.0 Å². The Balaban J connectivity index is 2.35. The Morgan fingerprint density at radius 1 is 1.44 bits per heavy atom. The standard InChI is InChI=1S/C14H14N2OS/c1-3-10-8-11(4-5-13(10)17-2)12-9-18-14(16-12)6-7-15/h4-5,8-9H,3,6H2,1-2H3. The molecule has 2 aromatic rings. The smallest absolute Gasteiger partial charge is 0.122 e. The van der Waals surface area contributed by atoms with Crippen molar-refractivity contribution < 1.29 is 4.74 Å². The van der Waals surface area contributed by atoms with Crippen LogP contribution in [-0.2, 0) is 12.8 Å². The third-order valence-corrected chi connectivity index (χ3v) is 3.59. The number of methoxy groups -OCH3 is 1. The molecule has 0 amide bonds. The zero-order valence-corrected chi connectivity index (χ0v) is 11.3. The Morgan fingerprint density at radius 2 is 2.28 bits per heavy atom. The minimum Gasteiger partial charge on any atom is -0.496 e. The third kappa shape index (κ3) is 2.52. The zero-order valence-electron chi connectivity index (χ0n) is 10.4. The summed E-state index contributed by atoms with van der Waals surface area (Å²) < 4.78 is 5.31. The molecular weight excluding hydrogens is 244 g/mol. The second kappa shape index (κ2) is 5.65. The first-order valence-electron chi connectivity index (χ1n) is 5.77. The van der Waals surface area contributed by atoms with E-state index in [1.54, 1.807) is 7.11 Å². The number of hydrogen-bond acceptors (Lipinski definition) is 4. The fourth-order valence-electron chi connectivity index (χ4n) is 1.81. The summed E-state index contributed by atoms with van der Waals surface area (Å²) in [6, 6.07) is 8.19. The summed E-state index contributed by atoms with van der Waals surface area (Å²) in [5.41, 5.74) is 3.18. The van der Waals surface area contributed by atoms with Gasteiger partial charge in [-0.1, -0.05) is 6.92 Å². The number of nitrogens with zero attached hydrogens (tertiary/aromatic N) is 2. The van der Waals surface area contributed by atoms with Crippen LogP contribution >= 0.6 is 11.3 Å². The number of thiazole rings is 1. The molecule has 4 heteroatoms. The number of benzene rings is 1. The molecule has 0 aliphatic rings. The molecule has 0 saturated heterocycles. The van der Waals surface area contributed by atoms with Crippen molar-refractivity contribution in [2.45, 2.75) is 19.8 Å². The second-order valence-electron chi connectivity index (χ2n) is 3.84. The Bertz CT molecular complexity index is 584. The molecule has 2 rings (SSSR count). The van der Waals surface area contributed by atoms with Gasteiger partial charge in [0.25, 0.3) is 0 Å². The predicted octanol–water partition coefficient (Wildman–Crippen LogP) is 3.45. The molecule has 0 bridgehead atoms. The van der Waals surface area contributed by atoms with E-state index in [-0.39, 0.29) is 0 Å². The lowest BCUT2D eigenvalue weighted by molar-refractivity contribution is 0.410. The highest BCUT2D eigenvalue weighted by atomic mass is 32.1. The lowest BCUT2D eigenvalue weighted by atomic mass is 10.1. The van der Waals surface area contributed by atoms with Crippen LogP contribution in [0.4, 0.5) is 0 Å². The van der Waals surface area contributed by atoms with Gasteiger partial charge in [-0.25, -0.2) is 4.98 Å². The summed E-state index contributed by atoms with van der Waals surface area (Å²) in [5, 5.41) is 11.5. The molecule has 0 radical (unpaired) electrons. The molecule has 0 unspecified atom stereocenters. The molecule has 0 N–H and O–H groups in total. The Labute approximate surface area is 111 Å². The largest absolute Gasteiger partial charge is 0.496 e. The predicted molar refractivity (Wildman–Crippen MR) is 72.8 cm³/mol. The summed E-state index contributed by atoms with van der Waals surface area (Å²) in [4.78, 5) is 4.46. The fourth-order valence-corrected chi connectivity index (χ4v) is 2.54. The average molecular weight is 258 g/mol.